The van der Waals surface area contributed by atoms with Crippen molar-refractivity contribution in [1.29, 1.82) is 0 Å². The van der Waals surface area contributed by atoms with Crippen LogP contribution in [0, 0.1) is 0 Å². The van der Waals surface area contributed by atoms with Gasteiger partial charge in [0.2, 0.25) is 0 Å². The number of thioether (sulfide) groups is 1. The summed E-state index contributed by atoms with van der Waals surface area (Å²) in [5.41, 5.74) is 3.03. The van der Waals surface area contributed by atoms with Crippen molar-refractivity contribution < 1.29 is 4.79 Å². The molecule has 4 nitrogen and oxygen atoms in total. The van der Waals surface area contributed by atoms with E-state index < -0.39 is 0 Å². The SMILES string of the molecule is O=C1/C(=C/c2cnc3ccccc3n2)SC(=S)N1c1ccccc1. The molecule has 1 saturated heterocycles. The highest BCUT2D eigenvalue weighted by Gasteiger charge is 2.33. The first-order chi connectivity index (χ1) is 11.7. The van der Waals surface area contributed by atoms with Gasteiger partial charge in [-0.2, -0.15) is 0 Å². The van der Waals surface area contributed by atoms with Gasteiger partial charge in [0.15, 0.2) is 4.32 Å². The zero-order chi connectivity index (χ0) is 16.5. The molecule has 3 aromatic rings. The second-order valence-electron chi connectivity index (χ2n) is 5.14. The molecule has 1 aliphatic heterocycles. The molecule has 0 saturated carbocycles. The number of hydrogen-bond donors (Lipinski definition) is 0. The van der Waals surface area contributed by atoms with Crippen molar-refractivity contribution in [2.24, 2.45) is 0 Å². The molecule has 24 heavy (non-hydrogen) atoms. The lowest BCUT2D eigenvalue weighted by Crippen LogP contribution is -2.27. The van der Waals surface area contributed by atoms with Gasteiger partial charge in [-0.3, -0.25) is 14.7 Å². The van der Waals surface area contributed by atoms with Gasteiger partial charge in [0, 0.05) is 0 Å². The lowest BCUT2D eigenvalue weighted by atomic mass is 10.2. The molecule has 116 valence electrons. The van der Waals surface area contributed by atoms with Gasteiger partial charge in [-0.1, -0.05) is 54.3 Å². The monoisotopic (exact) mass is 349 g/mol. The number of carbonyl (C=O) groups excluding carboxylic acids is 1. The van der Waals surface area contributed by atoms with Gasteiger partial charge in [-0.15, -0.1) is 0 Å². The van der Waals surface area contributed by atoms with E-state index in [1.54, 1.807) is 17.2 Å². The molecular formula is C18H11N3OS2. The highest BCUT2D eigenvalue weighted by atomic mass is 32.2. The normalized spacial score (nSPS) is 16.3. The number of hydrogen-bond acceptors (Lipinski definition) is 5. The van der Waals surface area contributed by atoms with E-state index >= 15 is 0 Å². The molecule has 0 unspecified atom stereocenters. The number of rotatable bonds is 2. The molecule has 1 aromatic heterocycles. The van der Waals surface area contributed by atoms with Crippen LogP contribution in [0.4, 0.5) is 5.69 Å². The first-order valence-electron chi connectivity index (χ1n) is 7.27. The van der Waals surface area contributed by atoms with E-state index in [2.05, 4.69) is 9.97 Å². The van der Waals surface area contributed by atoms with Gasteiger partial charge in [-0.25, -0.2) is 4.98 Å². The third-order valence-electron chi connectivity index (χ3n) is 3.55. The Labute approximate surface area is 148 Å². The van der Waals surface area contributed by atoms with Crippen LogP contribution in [-0.4, -0.2) is 20.2 Å². The average Bonchev–Trinajstić information content (AvgIpc) is 2.89. The molecule has 1 amide bonds. The van der Waals surface area contributed by atoms with Crippen LogP contribution in [0.5, 0.6) is 0 Å². The summed E-state index contributed by atoms with van der Waals surface area (Å²) in [5, 5.41) is 0. The van der Waals surface area contributed by atoms with Crippen LogP contribution in [0.2, 0.25) is 0 Å². The number of nitrogens with zero attached hydrogens (tertiary/aromatic N) is 3. The molecule has 1 fully saturated rings. The molecule has 4 rings (SSSR count). The number of aromatic nitrogens is 2. The Bertz CT molecular complexity index is 986. The van der Waals surface area contributed by atoms with Gasteiger partial charge in [0.05, 0.1) is 33.5 Å². The molecular weight excluding hydrogens is 338 g/mol. The number of fused-ring (bicyclic) bond motifs is 1. The molecule has 1 aliphatic rings. The van der Waals surface area contributed by atoms with Crippen molar-refractivity contribution in [3.63, 3.8) is 0 Å². The molecule has 0 bridgehead atoms. The van der Waals surface area contributed by atoms with Crippen LogP contribution < -0.4 is 4.90 Å². The van der Waals surface area contributed by atoms with Gasteiger partial charge >= 0.3 is 0 Å². The lowest BCUT2D eigenvalue weighted by molar-refractivity contribution is -0.113. The zero-order valence-electron chi connectivity index (χ0n) is 12.4. The number of thiocarbonyl (C=S) groups is 1. The fraction of sp³-hybridized carbons (Fsp3) is 0. The highest BCUT2D eigenvalue weighted by molar-refractivity contribution is 8.27. The summed E-state index contributed by atoms with van der Waals surface area (Å²) in [5.74, 6) is -0.133. The summed E-state index contributed by atoms with van der Waals surface area (Å²) in [6, 6.07) is 17.0. The van der Waals surface area contributed by atoms with E-state index in [1.165, 1.54) is 11.8 Å². The minimum absolute atomic E-state index is 0.133. The van der Waals surface area contributed by atoms with Crippen molar-refractivity contribution in [1.82, 2.24) is 9.97 Å². The molecule has 2 heterocycles. The van der Waals surface area contributed by atoms with E-state index in [1.807, 2.05) is 54.6 Å². The smallest absolute Gasteiger partial charge is 0.268 e. The predicted molar refractivity (Wildman–Crippen MR) is 102 cm³/mol. The first-order valence-corrected chi connectivity index (χ1v) is 8.50. The van der Waals surface area contributed by atoms with Crippen LogP contribution in [-0.2, 0) is 4.79 Å². The summed E-state index contributed by atoms with van der Waals surface area (Å²) >= 11 is 6.64. The number of benzene rings is 2. The Morgan fingerprint density at radius 2 is 1.71 bits per heavy atom. The van der Waals surface area contributed by atoms with Crippen molar-refractivity contribution in [3.05, 3.63) is 71.4 Å². The summed E-state index contributed by atoms with van der Waals surface area (Å²) in [4.78, 5) is 23.7. The predicted octanol–water partition coefficient (Wildman–Crippen LogP) is 4.04. The van der Waals surface area contributed by atoms with Crippen molar-refractivity contribution in [2.75, 3.05) is 4.90 Å². The minimum Gasteiger partial charge on any atom is -0.268 e. The zero-order valence-corrected chi connectivity index (χ0v) is 14.1. The molecule has 0 atom stereocenters. The quantitative estimate of drug-likeness (QED) is 0.516. The number of para-hydroxylation sites is 3. The maximum Gasteiger partial charge on any atom is 0.270 e. The Morgan fingerprint density at radius 1 is 1.00 bits per heavy atom. The third kappa shape index (κ3) is 2.70. The van der Waals surface area contributed by atoms with Crippen LogP contribution in [0.25, 0.3) is 17.1 Å². The Hall–Kier alpha value is -2.57. The maximum atomic E-state index is 12.7. The van der Waals surface area contributed by atoms with Crippen molar-refractivity contribution in [3.8, 4) is 0 Å². The molecule has 6 heteroatoms. The van der Waals surface area contributed by atoms with Gasteiger partial charge in [0.25, 0.3) is 5.91 Å². The fourth-order valence-electron chi connectivity index (χ4n) is 2.44. The standard InChI is InChI=1S/C18H11N3OS2/c22-17-16(24-18(23)21(17)13-6-2-1-3-7-13)10-12-11-19-14-8-4-5-9-15(14)20-12/h1-11H/b16-10-. The van der Waals surface area contributed by atoms with Crippen molar-refractivity contribution in [2.45, 2.75) is 0 Å². The average molecular weight is 349 g/mol. The molecule has 0 radical (unpaired) electrons. The number of amides is 1. The van der Waals surface area contributed by atoms with Gasteiger partial charge in [-0.05, 0) is 30.3 Å². The third-order valence-corrected chi connectivity index (χ3v) is 4.86. The summed E-state index contributed by atoms with van der Waals surface area (Å²) in [6.07, 6.45) is 3.40. The van der Waals surface area contributed by atoms with E-state index in [9.17, 15) is 4.79 Å². The van der Waals surface area contributed by atoms with Crippen LogP contribution in [0.3, 0.4) is 0 Å². The number of anilines is 1. The van der Waals surface area contributed by atoms with E-state index in [0.29, 0.717) is 14.9 Å². The topological polar surface area (TPSA) is 46.1 Å². The van der Waals surface area contributed by atoms with E-state index in [4.69, 9.17) is 12.2 Å². The minimum atomic E-state index is -0.133. The lowest BCUT2D eigenvalue weighted by Gasteiger charge is -2.13. The Kier molecular flexibility index (Phi) is 3.84. The Morgan fingerprint density at radius 3 is 2.50 bits per heavy atom. The second kappa shape index (κ2) is 6.14. The van der Waals surface area contributed by atoms with Crippen LogP contribution in [0.15, 0.2) is 65.7 Å². The molecule has 2 aromatic carbocycles. The maximum absolute atomic E-state index is 12.7. The second-order valence-corrected chi connectivity index (χ2v) is 6.81. The fourth-order valence-corrected chi connectivity index (χ4v) is 3.73. The molecule has 0 N–H and O–H groups in total. The molecule has 0 aliphatic carbocycles. The summed E-state index contributed by atoms with van der Waals surface area (Å²) in [6.45, 7) is 0. The summed E-state index contributed by atoms with van der Waals surface area (Å²) < 4.78 is 0.520. The van der Waals surface area contributed by atoms with Crippen LogP contribution >= 0.6 is 24.0 Å². The van der Waals surface area contributed by atoms with Gasteiger partial charge < -0.3 is 0 Å². The summed E-state index contributed by atoms with van der Waals surface area (Å²) in [7, 11) is 0. The first kappa shape index (κ1) is 15.0. The van der Waals surface area contributed by atoms with Crippen LogP contribution in [0.1, 0.15) is 5.69 Å². The highest BCUT2D eigenvalue weighted by Crippen LogP contribution is 2.35. The molecule has 0 spiro atoms. The Balaban J connectivity index is 1.70. The number of carbonyl (C=O) groups is 1. The van der Waals surface area contributed by atoms with Gasteiger partial charge in [0.1, 0.15) is 0 Å². The van der Waals surface area contributed by atoms with E-state index in [-0.39, 0.29) is 5.91 Å². The largest absolute Gasteiger partial charge is 0.270 e. The van der Waals surface area contributed by atoms with E-state index in [0.717, 1.165) is 16.7 Å². The van der Waals surface area contributed by atoms with Crippen molar-refractivity contribution >= 4 is 57.0 Å².